The Balaban J connectivity index is 1.04. The van der Waals surface area contributed by atoms with Gasteiger partial charge in [-0.3, -0.25) is 9.59 Å². The number of hydrogen-bond acceptors (Lipinski definition) is 4. The summed E-state index contributed by atoms with van der Waals surface area (Å²) in [5.41, 5.74) is 3.78. The van der Waals surface area contributed by atoms with Gasteiger partial charge in [-0.25, -0.2) is 0 Å². The minimum absolute atomic E-state index is 0.00369. The van der Waals surface area contributed by atoms with Crippen LogP contribution in [0.2, 0.25) is 5.02 Å². The number of likely N-dealkylation sites (tertiary alicyclic amines) is 1. The van der Waals surface area contributed by atoms with Gasteiger partial charge in [-0.05, 0) is 84.4 Å². The number of halogens is 1. The molecule has 41 heavy (non-hydrogen) atoms. The van der Waals surface area contributed by atoms with Crippen molar-refractivity contribution in [3.8, 4) is 5.75 Å². The first-order valence-corrected chi connectivity index (χ1v) is 14.7. The zero-order valence-electron chi connectivity index (χ0n) is 23.0. The molecule has 2 aliphatic rings. The Hall–Kier alpha value is -3.87. The fourth-order valence-corrected chi connectivity index (χ4v) is 6.17. The second-order valence-corrected chi connectivity index (χ2v) is 11.3. The Labute approximate surface area is 245 Å². The monoisotopic (exact) mass is 567 g/mol. The number of para-hydroxylation sites is 2. The third-order valence-corrected chi connectivity index (χ3v) is 8.48. The maximum Gasteiger partial charge on any atom is 0.265 e. The summed E-state index contributed by atoms with van der Waals surface area (Å²) in [6.07, 6.45) is 2.67. The van der Waals surface area contributed by atoms with Gasteiger partial charge < -0.3 is 19.9 Å². The van der Waals surface area contributed by atoms with E-state index in [0.717, 1.165) is 55.9 Å². The topological polar surface area (TPSA) is 61.9 Å². The van der Waals surface area contributed by atoms with E-state index in [2.05, 4.69) is 40.5 Å². The predicted molar refractivity (Wildman–Crippen MR) is 164 cm³/mol. The van der Waals surface area contributed by atoms with E-state index < -0.39 is 0 Å². The summed E-state index contributed by atoms with van der Waals surface area (Å²) in [4.78, 5) is 30.1. The van der Waals surface area contributed by atoms with Crippen molar-refractivity contribution in [2.45, 2.75) is 25.2 Å². The first kappa shape index (κ1) is 27.3. The molecule has 6 rings (SSSR count). The number of benzene rings is 4. The lowest BCUT2D eigenvalue weighted by Gasteiger charge is -2.35. The molecule has 0 atom stereocenters. The van der Waals surface area contributed by atoms with Crippen LogP contribution >= 0.6 is 11.6 Å². The van der Waals surface area contributed by atoms with Crippen LogP contribution in [-0.4, -0.2) is 56.0 Å². The highest BCUT2D eigenvalue weighted by Gasteiger charge is 2.28. The second kappa shape index (κ2) is 12.3. The minimum atomic E-state index is -0.0739. The average molecular weight is 568 g/mol. The van der Waals surface area contributed by atoms with Crippen molar-refractivity contribution in [2.24, 2.45) is 0 Å². The summed E-state index contributed by atoms with van der Waals surface area (Å²) in [7, 11) is 0. The second-order valence-electron chi connectivity index (χ2n) is 10.8. The van der Waals surface area contributed by atoms with Gasteiger partial charge in [0.2, 0.25) is 0 Å². The van der Waals surface area contributed by atoms with E-state index in [0.29, 0.717) is 23.7 Å². The molecular weight excluding hydrogens is 534 g/mol. The highest BCUT2D eigenvalue weighted by molar-refractivity contribution is 6.31. The van der Waals surface area contributed by atoms with Crippen LogP contribution in [0.25, 0.3) is 10.8 Å². The van der Waals surface area contributed by atoms with E-state index in [1.54, 1.807) is 6.07 Å². The van der Waals surface area contributed by atoms with E-state index in [1.165, 1.54) is 16.3 Å². The molecule has 2 aliphatic heterocycles. The lowest BCUT2D eigenvalue weighted by Crippen LogP contribution is -2.45. The van der Waals surface area contributed by atoms with E-state index in [1.807, 2.05) is 53.4 Å². The molecule has 2 amide bonds. The molecule has 7 heteroatoms. The maximum atomic E-state index is 13.3. The van der Waals surface area contributed by atoms with Gasteiger partial charge in [0, 0.05) is 30.2 Å². The Morgan fingerprint density at radius 2 is 1.68 bits per heavy atom. The van der Waals surface area contributed by atoms with Crippen LogP contribution < -0.4 is 15.0 Å². The summed E-state index contributed by atoms with van der Waals surface area (Å²) in [6.45, 7) is 3.91. The molecule has 4 aromatic carbocycles. The Morgan fingerprint density at radius 1 is 0.902 bits per heavy atom. The summed E-state index contributed by atoms with van der Waals surface area (Å²) >= 11 is 6.34. The maximum absolute atomic E-state index is 13.3. The van der Waals surface area contributed by atoms with Crippen LogP contribution in [0, 0.1) is 0 Å². The number of piperidine rings is 1. The smallest absolute Gasteiger partial charge is 0.265 e. The molecule has 0 bridgehead atoms. The highest BCUT2D eigenvalue weighted by atomic mass is 35.5. The minimum Gasteiger partial charge on any atom is -0.482 e. The summed E-state index contributed by atoms with van der Waals surface area (Å²) < 4.78 is 5.58. The van der Waals surface area contributed by atoms with Crippen molar-refractivity contribution in [3.05, 3.63) is 107 Å². The average Bonchev–Trinajstić information content (AvgIpc) is 3.01. The molecule has 4 aromatic rings. The number of carbonyl (C=O) groups is 2. The molecule has 0 spiro atoms. The molecule has 6 nitrogen and oxygen atoms in total. The molecule has 0 aliphatic carbocycles. The van der Waals surface area contributed by atoms with Crippen LogP contribution in [0.15, 0.2) is 84.9 Å². The Bertz CT molecular complexity index is 1560. The number of carbonyl (C=O) groups excluding carboxylic acids is 2. The SMILES string of the molecule is O=C(NCCc1ccc2ccccc2c1)c1cc(Cl)ccc1C1CCN(CCN2C(=O)COc3ccccc32)CC1. The van der Waals surface area contributed by atoms with Crippen molar-refractivity contribution >= 4 is 39.9 Å². The third-order valence-electron chi connectivity index (χ3n) is 8.25. The zero-order valence-corrected chi connectivity index (χ0v) is 23.8. The van der Waals surface area contributed by atoms with Crippen LogP contribution in [0.4, 0.5) is 5.69 Å². The predicted octanol–water partition coefficient (Wildman–Crippen LogP) is 6.07. The van der Waals surface area contributed by atoms with Gasteiger partial charge >= 0.3 is 0 Å². The summed E-state index contributed by atoms with van der Waals surface area (Å²) in [5.74, 6) is 0.971. The summed E-state index contributed by atoms with van der Waals surface area (Å²) in [5, 5.41) is 6.12. The molecule has 1 N–H and O–H groups in total. The number of hydrogen-bond donors (Lipinski definition) is 1. The zero-order chi connectivity index (χ0) is 28.2. The van der Waals surface area contributed by atoms with Crippen LogP contribution in [0.1, 0.15) is 40.2 Å². The molecule has 0 unspecified atom stereocenters. The fourth-order valence-electron chi connectivity index (χ4n) is 6.00. The largest absolute Gasteiger partial charge is 0.482 e. The van der Waals surface area contributed by atoms with Gasteiger partial charge in [0.15, 0.2) is 6.61 Å². The van der Waals surface area contributed by atoms with E-state index in [-0.39, 0.29) is 24.3 Å². The molecular formula is C34H34ClN3O3. The molecule has 0 saturated carbocycles. The molecule has 0 radical (unpaired) electrons. The van der Waals surface area contributed by atoms with E-state index >= 15 is 0 Å². The third kappa shape index (κ3) is 6.24. The quantitative estimate of drug-likeness (QED) is 0.281. The number of fused-ring (bicyclic) bond motifs is 2. The molecule has 2 heterocycles. The molecule has 1 fully saturated rings. The van der Waals surface area contributed by atoms with Gasteiger partial charge in [-0.1, -0.05) is 72.3 Å². The van der Waals surface area contributed by atoms with Crippen LogP contribution in [0.5, 0.6) is 5.75 Å². The molecule has 210 valence electrons. The lowest BCUT2D eigenvalue weighted by atomic mass is 9.86. The molecule has 1 saturated heterocycles. The van der Waals surface area contributed by atoms with Crippen molar-refractivity contribution in [2.75, 3.05) is 44.2 Å². The standard InChI is InChI=1S/C34H34ClN3O3/c35-28-11-12-29(30(22-28)34(40)36-16-13-24-9-10-25-5-1-2-6-27(25)21-24)26-14-17-37(18-15-26)19-20-38-31-7-3-4-8-32(31)41-23-33(38)39/h1-12,21-22,26H,13-20,23H2,(H,36,40). The van der Waals surface area contributed by atoms with Crippen molar-refractivity contribution in [1.29, 1.82) is 0 Å². The molecule has 0 aromatic heterocycles. The first-order valence-electron chi connectivity index (χ1n) is 14.3. The summed E-state index contributed by atoms with van der Waals surface area (Å²) in [6, 6.07) is 28.2. The van der Waals surface area contributed by atoms with Crippen LogP contribution in [-0.2, 0) is 11.2 Å². The highest BCUT2D eigenvalue weighted by Crippen LogP contribution is 2.33. The van der Waals surface area contributed by atoms with Crippen molar-refractivity contribution in [3.63, 3.8) is 0 Å². The number of amides is 2. The number of anilines is 1. The normalized spacial score (nSPS) is 15.9. The van der Waals surface area contributed by atoms with Gasteiger partial charge in [-0.2, -0.15) is 0 Å². The van der Waals surface area contributed by atoms with Crippen molar-refractivity contribution in [1.82, 2.24) is 10.2 Å². The van der Waals surface area contributed by atoms with Gasteiger partial charge in [-0.15, -0.1) is 0 Å². The van der Waals surface area contributed by atoms with Gasteiger partial charge in [0.25, 0.3) is 11.8 Å². The van der Waals surface area contributed by atoms with E-state index in [4.69, 9.17) is 16.3 Å². The Kier molecular flexibility index (Phi) is 8.21. The fraction of sp³-hybridized carbons (Fsp3) is 0.294. The number of rotatable bonds is 8. The number of nitrogens with one attached hydrogen (secondary N) is 1. The van der Waals surface area contributed by atoms with E-state index in [9.17, 15) is 9.59 Å². The number of nitrogens with zero attached hydrogens (tertiary/aromatic N) is 2. The first-order chi connectivity index (χ1) is 20.0. The van der Waals surface area contributed by atoms with Gasteiger partial charge in [0.05, 0.1) is 5.69 Å². The Morgan fingerprint density at radius 3 is 2.54 bits per heavy atom. The number of ether oxygens (including phenoxy) is 1. The van der Waals surface area contributed by atoms with Gasteiger partial charge in [0.1, 0.15) is 5.75 Å². The lowest BCUT2D eigenvalue weighted by molar-refractivity contribution is -0.121. The van der Waals surface area contributed by atoms with Crippen molar-refractivity contribution < 1.29 is 14.3 Å². The van der Waals surface area contributed by atoms with Crippen LogP contribution in [0.3, 0.4) is 0 Å².